The lowest BCUT2D eigenvalue weighted by Crippen LogP contribution is -2.46. The molecule has 1 heterocycles. The van der Waals surface area contributed by atoms with Crippen LogP contribution in [0, 0.1) is 0 Å². The van der Waals surface area contributed by atoms with Crippen LogP contribution >= 0.6 is 24.8 Å². The SMILES string of the molecule is CC(CC(O)c1ccccc1)NC(=O)[C@@H](N)Cc1cn(Cc2ccccc2)cn1.Cl.Cl. The Balaban J connectivity index is 0.00000240. The number of benzene rings is 2. The number of carbonyl (C=O) groups excluding carboxylic acids is 1. The molecule has 1 aromatic heterocycles. The molecule has 2 aromatic carbocycles. The second-order valence-electron chi connectivity index (χ2n) is 7.41. The maximum absolute atomic E-state index is 12.4. The number of imidazole rings is 1. The highest BCUT2D eigenvalue weighted by Gasteiger charge is 2.19. The zero-order valence-electron chi connectivity index (χ0n) is 17.4. The molecule has 0 saturated heterocycles. The van der Waals surface area contributed by atoms with Crippen molar-refractivity contribution >= 4 is 30.7 Å². The van der Waals surface area contributed by atoms with Crippen molar-refractivity contribution in [1.29, 1.82) is 0 Å². The number of nitrogens with one attached hydrogen (secondary N) is 1. The van der Waals surface area contributed by atoms with E-state index >= 15 is 0 Å². The Labute approximate surface area is 195 Å². The molecular formula is C23H30Cl2N4O2. The van der Waals surface area contributed by atoms with Crippen molar-refractivity contribution in [2.75, 3.05) is 0 Å². The van der Waals surface area contributed by atoms with Crippen molar-refractivity contribution in [3.8, 4) is 0 Å². The molecule has 3 aromatic rings. The number of nitrogens with zero attached hydrogens (tertiary/aromatic N) is 2. The summed E-state index contributed by atoms with van der Waals surface area (Å²) in [7, 11) is 0. The van der Waals surface area contributed by atoms with E-state index in [1.807, 2.05) is 66.2 Å². The third-order valence-corrected chi connectivity index (χ3v) is 4.81. The van der Waals surface area contributed by atoms with Gasteiger partial charge in [0.2, 0.25) is 5.91 Å². The highest BCUT2D eigenvalue weighted by Crippen LogP contribution is 2.17. The fraction of sp³-hybridized carbons (Fsp3) is 0.304. The van der Waals surface area contributed by atoms with Gasteiger partial charge in [-0.25, -0.2) is 4.98 Å². The summed E-state index contributed by atoms with van der Waals surface area (Å²) in [6.45, 7) is 2.59. The van der Waals surface area contributed by atoms with Gasteiger partial charge in [0.25, 0.3) is 0 Å². The number of hydrogen-bond acceptors (Lipinski definition) is 4. The molecule has 0 spiro atoms. The van der Waals surface area contributed by atoms with E-state index in [2.05, 4.69) is 22.4 Å². The minimum Gasteiger partial charge on any atom is -0.388 e. The molecule has 0 radical (unpaired) electrons. The summed E-state index contributed by atoms with van der Waals surface area (Å²) in [4.78, 5) is 16.8. The quantitative estimate of drug-likeness (QED) is 0.452. The first-order valence-corrected chi connectivity index (χ1v) is 9.85. The van der Waals surface area contributed by atoms with Crippen LogP contribution in [0.15, 0.2) is 73.2 Å². The van der Waals surface area contributed by atoms with Crippen LogP contribution in [0.25, 0.3) is 0 Å². The summed E-state index contributed by atoms with van der Waals surface area (Å²) < 4.78 is 1.98. The van der Waals surface area contributed by atoms with E-state index in [1.165, 1.54) is 5.56 Å². The van der Waals surface area contributed by atoms with Crippen molar-refractivity contribution < 1.29 is 9.90 Å². The molecule has 0 saturated carbocycles. The van der Waals surface area contributed by atoms with E-state index in [9.17, 15) is 9.90 Å². The van der Waals surface area contributed by atoms with E-state index in [0.717, 1.165) is 17.8 Å². The highest BCUT2D eigenvalue weighted by atomic mass is 35.5. The van der Waals surface area contributed by atoms with E-state index in [1.54, 1.807) is 6.33 Å². The van der Waals surface area contributed by atoms with Gasteiger partial charge < -0.3 is 20.7 Å². The topological polar surface area (TPSA) is 93.2 Å². The van der Waals surface area contributed by atoms with Crippen molar-refractivity contribution in [2.24, 2.45) is 5.73 Å². The van der Waals surface area contributed by atoms with E-state index < -0.39 is 12.1 Å². The Bertz CT molecular complexity index is 906. The summed E-state index contributed by atoms with van der Waals surface area (Å²) in [6, 6.07) is 18.6. The Morgan fingerprint density at radius 2 is 1.71 bits per heavy atom. The standard InChI is InChI=1S/C23H28N4O2.2ClH/c1-17(12-22(28)19-10-6-3-7-11-19)26-23(29)21(24)13-20-15-27(16-25-20)14-18-8-4-2-5-9-18;;/h2-11,15-17,21-22,28H,12-14,24H2,1H3,(H,26,29);2*1H/t17?,21-,22?;;/m0../s1. The minimum atomic E-state index is -0.689. The van der Waals surface area contributed by atoms with Crippen LogP contribution in [0.1, 0.15) is 36.3 Å². The highest BCUT2D eigenvalue weighted by molar-refractivity contribution is 5.85. The van der Waals surface area contributed by atoms with Crippen molar-refractivity contribution in [3.63, 3.8) is 0 Å². The van der Waals surface area contributed by atoms with Crippen LogP contribution in [0.5, 0.6) is 0 Å². The van der Waals surface area contributed by atoms with Gasteiger partial charge in [0.05, 0.1) is 24.2 Å². The van der Waals surface area contributed by atoms with Gasteiger partial charge >= 0.3 is 0 Å². The smallest absolute Gasteiger partial charge is 0.237 e. The van der Waals surface area contributed by atoms with Crippen LogP contribution in [-0.4, -0.2) is 32.6 Å². The number of rotatable bonds is 9. The molecule has 8 heteroatoms. The lowest BCUT2D eigenvalue weighted by atomic mass is 10.0. The van der Waals surface area contributed by atoms with Crippen molar-refractivity contribution in [3.05, 3.63) is 90.0 Å². The average molecular weight is 465 g/mol. The molecule has 0 aliphatic heterocycles. The van der Waals surface area contributed by atoms with Gasteiger partial charge in [-0.1, -0.05) is 60.7 Å². The molecule has 0 fully saturated rings. The van der Waals surface area contributed by atoms with Gasteiger partial charge in [0.1, 0.15) is 0 Å². The van der Waals surface area contributed by atoms with E-state index in [4.69, 9.17) is 5.73 Å². The maximum Gasteiger partial charge on any atom is 0.237 e. The van der Waals surface area contributed by atoms with Crippen molar-refractivity contribution in [1.82, 2.24) is 14.9 Å². The molecule has 0 aliphatic carbocycles. The fourth-order valence-electron chi connectivity index (χ4n) is 3.27. The van der Waals surface area contributed by atoms with Crippen molar-refractivity contribution in [2.45, 2.75) is 44.5 Å². The molecule has 0 aliphatic rings. The molecule has 4 N–H and O–H groups in total. The molecule has 0 bridgehead atoms. The molecule has 1 amide bonds. The third kappa shape index (κ3) is 8.34. The number of aliphatic hydroxyl groups is 1. The van der Waals surface area contributed by atoms with Gasteiger partial charge in [0.15, 0.2) is 0 Å². The monoisotopic (exact) mass is 464 g/mol. The number of hydrogen-bond donors (Lipinski definition) is 3. The Morgan fingerprint density at radius 1 is 1.10 bits per heavy atom. The molecule has 6 nitrogen and oxygen atoms in total. The predicted octanol–water partition coefficient (Wildman–Crippen LogP) is 3.27. The number of nitrogens with two attached hydrogens (primary N) is 1. The van der Waals surface area contributed by atoms with Crippen LogP contribution in [-0.2, 0) is 17.8 Å². The zero-order valence-corrected chi connectivity index (χ0v) is 19.1. The first-order chi connectivity index (χ1) is 14.0. The average Bonchev–Trinajstić information content (AvgIpc) is 3.15. The normalized spacial score (nSPS) is 13.3. The zero-order chi connectivity index (χ0) is 20.6. The number of halogens is 2. The Morgan fingerprint density at radius 3 is 2.35 bits per heavy atom. The Hall–Kier alpha value is -2.38. The molecule has 3 atom stereocenters. The number of aromatic nitrogens is 2. The van der Waals surface area contributed by atoms with Gasteiger partial charge in [-0.3, -0.25) is 4.79 Å². The predicted molar refractivity (Wildman–Crippen MR) is 128 cm³/mol. The summed E-state index contributed by atoms with van der Waals surface area (Å²) in [5.74, 6) is -0.240. The Kier molecular flexibility index (Phi) is 11.3. The number of amides is 1. The second kappa shape index (κ2) is 13.1. The van der Waals surface area contributed by atoms with Crippen LogP contribution in [0.4, 0.5) is 0 Å². The molecule has 2 unspecified atom stereocenters. The van der Waals surface area contributed by atoms with Crippen LogP contribution in [0.2, 0.25) is 0 Å². The molecule has 31 heavy (non-hydrogen) atoms. The largest absolute Gasteiger partial charge is 0.388 e. The molecule has 3 rings (SSSR count). The maximum atomic E-state index is 12.4. The van der Waals surface area contributed by atoms with E-state index in [-0.39, 0.29) is 36.8 Å². The van der Waals surface area contributed by atoms with Gasteiger partial charge in [-0.15, -0.1) is 24.8 Å². The fourth-order valence-corrected chi connectivity index (χ4v) is 3.27. The van der Waals surface area contributed by atoms with E-state index in [0.29, 0.717) is 12.8 Å². The summed E-state index contributed by atoms with van der Waals surface area (Å²) in [6.07, 6.45) is 3.83. The van der Waals surface area contributed by atoms with Crippen LogP contribution in [0.3, 0.4) is 0 Å². The summed E-state index contributed by atoms with van der Waals surface area (Å²) >= 11 is 0. The molecular weight excluding hydrogens is 435 g/mol. The lowest BCUT2D eigenvalue weighted by Gasteiger charge is -2.20. The van der Waals surface area contributed by atoms with Crippen LogP contribution < -0.4 is 11.1 Å². The first kappa shape index (κ1) is 26.7. The number of aliphatic hydroxyl groups excluding tert-OH is 1. The minimum absolute atomic E-state index is 0. The summed E-state index contributed by atoms with van der Waals surface area (Å²) in [5, 5.41) is 13.2. The molecule has 168 valence electrons. The third-order valence-electron chi connectivity index (χ3n) is 4.81. The first-order valence-electron chi connectivity index (χ1n) is 9.85. The van der Waals surface area contributed by atoms with Gasteiger partial charge in [-0.05, 0) is 24.5 Å². The lowest BCUT2D eigenvalue weighted by molar-refractivity contribution is -0.123. The number of carbonyl (C=O) groups is 1. The van der Waals surface area contributed by atoms with Gasteiger partial charge in [0, 0.05) is 25.2 Å². The van der Waals surface area contributed by atoms with Gasteiger partial charge in [-0.2, -0.15) is 0 Å². The summed E-state index contributed by atoms with van der Waals surface area (Å²) in [5.41, 5.74) is 8.88. The second-order valence-corrected chi connectivity index (χ2v) is 7.41.